The van der Waals surface area contributed by atoms with Crippen molar-refractivity contribution in [3.8, 4) is 17.1 Å². The lowest BCUT2D eigenvalue weighted by atomic mass is 10.2. The van der Waals surface area contributed by atoms with Gasteiger partial charge in [-0.25, -0.2) is 5.43 Å². The number of thioether (sulfide) groups is 1. The molecule has 0 aliphatic carbocycles. The minimum absolute atomic E-state index is 0.159. The van der Waals surface area contributed by atoms with Gasteiger partial charge < -0.3 is 0 Å². The maximum atomic E-state index is 12.3. The Labute approximate surface area is 198 Å². The fourth-order valence-electron chi connectivity index (χ4n) is 2.98. The molecule has 0 fully saturated rings. The zero-order valence-corrected chi connectivity index (χ0v) is 19.7. The van der Waals surface area contributed by atoms with E-state index in [4.69, 9.17) is 0 Å². The number of amides is 1. The van der Waals surface area contributed by atoms with E-state index < -0.39 is 0 Å². The first-order chi connectivity index (χ1) is 15.6. The van der Waals surface area contributed by atoms with Gasteiger partial charge in [-0.05, 0) is 25.1 Å². The average molecular weight is 506 g/mol. The summed E-state index contributed by atoms with van der Waals surface area (Å²) in [5, 5.41) is 13.4. The van der Waals surface area contributed by atoms with Gasteiger partial charge in [0.05, 0.1) is 12.0 Å². The zero-order valence-electron chi connectivity index (χ0n) is 17.3. The van der Waals surface area contributed by atoms with Crippen LogP contribution in [0.15, 0.2) is 93.6 Å². The monoisotopic (exact) mass is 505 g/mol. The Morgan fingerprint density at radius 2 is 1.75 bits per heavy atom. The molecule has 3 aromatic carbocycles. The van der Waals surface area contributed by atoms with Gasteiger partial charge in [0, 0.05) is 21.3 Å². The molecule has 0 aliphatic heterocycles. The summed E-state index contributed by atoms with van der Waals surface area (Å²) in [4.78, 5) is 12.3. The standard InChI is InChI=1S/C24H20BrN5OS/c1-17-11-13-20(14-12-17)30-23(18-7-3-2-4-8-18)28-29-24(30)32-16-22(31)27-26-15-19-9-5-6-10-21(19)25/h2-15H,16H2,1H3,(H,27,31). The second kappa shape index (κ2) is 10.4. The molecule has 160 valence electrons. The van der Waals surface area contributed by atoms with Gasteiger partial charge in [0.15, 0.2) is 11.0 Å². The topological polar surface area (TPSA) is 72.2 Å². The van der Waals surface area contributed by atoms with E-state index in [0.29, 0.717) is 5.16 Å². The van der Waals surface area contributed by atoms with Crippen LogP contribution < -0.4 is 5.43 Å². The van der Waals surface area contributed by atoms with Gasteiger partial charge >= 0.3 is 0 Å². The molecule has 8 heteroatoms. The lowest BCUT2D eigenvalue weighted by Crippen LogP contribution is -2.20. The van der Waals surface area contributed by atoms with Crippen LogP contribution in [-0.2, 0) is 4.79 Å². The van der Waals surface area contributed by atoms with Crippen molar-refractivity contribution in [1.82, 2.24) is 20.2 Å². The molecular formula is C24H20BrN5OS. The van der Waals surface area contributed by atoms with Crippen molar-refractivity contribution >= 4 is 39.8 Å². The van der Waals surface area contributed by atoms with Gasteiger partial charge in [-0.3, -0.25) is 9.36 Å². The van der Waals surface area contributed by atoms with E-state index in [2.05, 4.69) is 36.7 Å². The molecular weight excluding hydrogens is 486 g/mol. The van der Waals surface area contributed by atoms with Crippen LogP contribution in [-0.4, -0.2) is 32.6 Å². The Hall–Kier alpha value is -3.23. The number of aryl methyl sites for hydroxylation is 1. The van der Waals surface area contributed by atoms with Crippen molar-refractivity contribution in [2.75, 3.05) is 5.75 Å². The largest absolute Gasteiger partial charge is 0.272 e. The van der Waals surface area contributed by atoms with E-state index in [-0.39, 0.29) is 11.7 Å². The van der Waals surface area contributed by atoms with E-state index in [1.807, 2.05) is 90.4 Å². The van der Waals surface area contributed by atoms with Crippen LogP contribution in [0.5, 0.6) is 0 Å². The van der Waals surface area contributed by atoms with Gasteiger partial charge in [0.1, 0.15) is 0 Å². The van der Waals surface area contributed by atoms with Crippen LogP contribution >= 0.6 is 27.7 Å². The summed E-state index contributed by atoms with van der Waals surface area (Å²) in [6.45, 7) is 2.04. The smallest absolute Gasteiger partial charge is 0.250 e. The number of halogens is 1. The summed E-state index contributed by atoms with van der Waals surface area (Å²) in [5.41, 5.74) is 6.51. The first-order valence-corrected chi connectivity index (χ1v) is 11.7. The molecule has 4 rings (SSSR count). The molecule has 0 bridgehead atoms. The number of carbonyl (C=O) groups is 1. The van der Waals surface area contributed by atoms with E-state index in [0.717, 1.165) is 27.1 Å². The predicted molar refractivity (Wildman–Crippen MR) is 132 cm³/mol. The van der Waals surface area contributed by atoms with Crippen molar-refractivity contribution in [2.45, 2.75) is 12.1 Å². The van der Waals surface area contributed by atoms with Gasteiger partial charge in [0.2, 0.25) is 0 Å². The predicted octanol–water partition coefficient (Wildman–Crippen LogP) is 5.25. The van der Waals surface area contributed by atoms with Crippen molar-refractivity contribution < 1.29 is 4.79 Å². The third-order valence-corrected chi connectivity index (χ3v) is 6.24. The molecule has 0 spiro atoms. The van der Waals surface area contributed by atoms with E-state index in [9.17, 15) is 4.79 Å². The van der Waals surface area contributed by atoms with Crippen LogP contribution in [0.1, 0.15) is 11.1 Å². The van der Waals surface area contributed by atoms with Crippen LogP contribution in [0.2, 0.25) is 0 Å². The normalized spacial score (nSPS) is 11.1. The highest BCUT2D eigenvalue weighted by atomic mass is 79.9. The van der Waals surface area contributed by atoms with Gasteiger partial charge in [-0.15, -0.1) is 10.2 Å². The number of nitrogens with one attached hydrogen (secondary N) is 1. The first-order valence-electron chi connectivity index (χ1n) is 9.89. The van der Waals surface area contributed by atoms with Crippen molar-refractivity contribution in [3.05, 3.63) is 94.5 Å². The Kier molecular flexibility index (Phi) is 7.14. The maximum absolute atomic E-state index is 12.3. The molecule has 0 atom stereocenters. The molecule has 1 N–H and O–H groups in total. The summed E-state index contributed by atoms with van der Waals surface area (Å²) < 4.78 is 2.88. The molecule has 0 saturated carbocycles. The second-order valence-corrected chi connectivity index (χ2v) is 8.74. The molecule has 0 unspecified atom stereocenters. The third kappa shape index (κ3) is 5.33. The molecule has 32 heavy (non-hydrogen) atoms. The van der Waals surface area contributed by atoms with E-state index in [1.54, 1.807) is 6.21 Å². The lowest BCUT2D eigenvalue weighted by Gasteiger charge is -2.10. The lowest BCUT2D eigenvalue weighted by molar-refractivity contribution is -0.118. The van der Waals surface area contributed by atoms with Crippen molar-refractivity contribution in [1.29, 1.82) is 0 Å². The maximum Gasteiger partial charge on any atom is 0.250 e. The van der Waals surface area contributed by atoms with E-state index in [1.165, 1.54) is 17.3 Å². The van der Waals surface area contributed by atoms with Crippen LogP contribution in [0.3, 0.4) is 0 Å². The molecule has 4 aromatic rings. The fourth-order valence-corrected chi connectivity index (χ4v) is 4.11. The summed E-state index contributed by atoms with van der Waals surface area (Å²) in [5.74, 6) is 0.661. The Balaban J connectivity index is 1.51. The number of nitrogens with zero attached hydrogens (tertiary/aromatic N) is 4. The molecule has 1 amide bonds. The zero-order chi connectivity index (χ0) is 22.3. The van der Waals surface area contributed by atoms with Crippen molar-refractivity contribution in [3.63, 3.8) is 0 Å². The van der Waals surface area contributed by atoms with Gasteiger partial charge in [-0.2, -0.15) is 5.10 Å². The van der Waals surface area contributed by atoms with Gasteiger partial charge in [0.25, 0.3) is 5.91 Å². The number of aromatic nitrogens is 3. The Morgan fingerprint density at radius 3 is 2.50 bits per heavy atom. The van der Waals surface area contributed by atoms with Crippen LogP contribution in [0.4, 0.5) is 0 Å². The minimum Gasteiger partial charge on any atom is -0.272 e. The highest BCUT2D eigenvalue weighted by molar-refractivity contribution is 9.10. The Bertz CT molecular complexity index is 1240. The highest BCUT2D eigenvalue weighted by Crippen LogP contribution is 2.28. The summed E-state index contributed by atoms with van der Waals surface area (Å²) in [6, 6.07) is 25.7. The molecule has 0 aliphatic rings. The number of hydrogen-bond donors (Lipinski definition) is 1. The van der Waals surface area contributed by atoms with E-state index >= 15 is 0 Å². The molecule has 0 radical (unpaired) electrons. The third-order valence-electron chi connectivity index (χ3n) is 4.59. The summed E-state index contributed by atoms with van der Waals surface area (Å²) in [7, 11) is 0. The fraction of sp³-hybridized carbons (Fsp3) is 0.0833. The van der Waals surface area contributed by atoms with Crippen molar-refractivity contribution in [2.24, 2.45) is 5.10 Å². The highest BCUT2D eigenvalue weighted by Gasteiger charge is 2.17. The SMILES string of the molecule is Cc1ccc(-n2c(SCC(=O)NN=Cc3ccccc3Br)nnc2-c2ccccc2)cc1. The minimum atomic E-state index is -0.224. The molecule has 6 nitrogen and oxygen atoms in total. The molecule has 0 saturated heterocycles. The quantitative estimate of drug-likeness (QED) is 0.211. The average Bonchev–Trinajstić information content (AvgIpc) is 3.24. The Morgan fingerprint density at radius 1 is 1.03 bits per heavy atom. The first kappa shape index (κ1) is 22.0. The molecule has 1 heterocycles. The summed E-state index contributed by atoms with van der Waals surface area (Å²) in [6.07, 6.45) is 1.61. The number of hydrogen-bond acceptors (Lipinski definition) is 5. The molecule has 1 aromatic heterocycles. The number of rotatable bonds is 7. The van der Waals surface area contributed by atoms with Crippen LogP contribution in [0, 0.1) is 6.92 Å². The summed E-state index contributed by atoms with van der Waals surface area (Å²) >= 11 is 4.77. The van der Waals surface area contributed by atoms with Crippen LogP contribution in [0.25, 0.3) is 17.1 Å². The number of hydrazone groups is 1. The number of carbonyl (C=O) groups excluding carboxylic acids is 1. The second-order valence-electron chi connectivity index (χ2n) is 6.95. The van der Waals surface area contributed by atoms with Gasteiger partial charge in [-0.1, -0.05) is 93.9 Å². The number of benzene rings is 3.